The molecule has 2 aromatic heterocycles. The minimum atomic E-state index is -0.423. The van der Waals surface area contributed by atoms with Gasteiger partial charge in [-0.05, 0) is 45.2 Å². The van der Waals surface area contributed by atoms with Crippen LogP contribution in [0, 0.1) is 0 Å². The number of nitrogens with zero attached hydrogens (tertiary/aromatic N) is 2. The monoisotopic (exact) mass is 294 g/mol. The molecule has 0 atom stereocenters. The first-order valence-corrected chi connectivity index (χ1v) is 7.59. The molecular weight excluding hydrogens is 275 g/mol. The molecule has 0 amide bonds. The van der Waals surface area contributed by atoms with Crippen molar-refractivity contribution in [1.29, 1.82) is 0 Å². The van der Waals surface area contributed by atoms with Crippen LogP contribution >= 0.6 is 0 Å². The van der Waals surface area contributed by atoms with E-state index in [-0.39, 0.29) is 11.2 Å². The molecule has 0 aliphatic carbocycles. The Labute approximate surface area is 130 Å². The van der Waals surface area contributed by atoms with Crippen molar-refractivity contribution in [2.75, 3.05) is 0 Å². The molecule has 4 nitrogen and oxygen atoms in total. The number of rotatable bonds is 1. The van der Waals surface area contributed by atoms with E-state index in [1.165, 1.54) is 10.8 Å². The standard InChI is InChI=1S/C17H19BN2O2/c1-16(2)17(3,4)22-18(21-16)15-10-14-9-12-7-5-6-8-13(12)11-20(14)19-15/h5-11H,1-4H3. The van der Waals surface area contributed by atoms with E-state index in [4.69, 9.17) is 9.31 Å². The van der Waals surface area contributed by atoms with Gasteiger partial charge < -0.3 is 9.31 Å². The Morgan fingerprint density at radius 1 is 0.955 bits per heavy atom. The summed E-state index contributed by atoms with van der Waals surface area (Å²) in [6.45, 7) is 8.21. The number of hydrogen-bond acceptors (Lipinski definition) is 3. The largest absolute Gasteiger partial charge is 0.516 e. The number of aromatic nitrogens is 2. The minimum Gasteiger partial charge on any atom is -0.398 e. The van der Waals surface area contributed by atoms with Crippen molar-refractivity contribution in [2.45, 2.75) is 38.9 Å². The van der Waals surface area contributed by atoms with Crippen LogP contribution in [0.4, 0.5) is 0 Å². The predicted octanol–water partition coefficient (Wildman–Crippen LogP) is 2.79. The van der Waals surface area contributed by atoms with E-state index >= 15 is 0 Å². The summed E-state index contributed by atoms with van der Waals surface area (Å²) in [6, 6.07) is 12.4. The molecule has 0 bridgehead atoms. The van der Waals surface area contributed by atoms with Crippen LogP contribution < -0.4 is 5.59 Å². The van der Waals surface area contributed by atoms with Gasteiger partial charge in [-0.3, -0.25) is 0 Å². The number of fused-ring (bicyclic) bond motifs is 2. The highest BCUT2D eigenvalue weighted by atomic mass is 16.7. The molecule has 4 rings (SSSR count). The van der Waals surface area contributed by atoms with Gasteiger partial charge in [-0.1, -0.05) is 24.3 Å². The van der Waals surface area contributed by atoms with E-state index in [9.17, 15) is 0 Å². The van der Waals surface area contributed by atoms with Crippen molar-refractivity contribution in [3.8, 4) is 0 Å². The fourth-order valence-electron chi connectivity index (χ4n) is 2.77. The lowest BCUT2D eigenvalue weighted by Crippen LogP contribution is -2.41. The minimum absolute atomic E-state index is 0.349. The Morgan fingerprint density at radius 2 is 1.59 bits per heavy atom. The Bertz CT molecular complexity index is 801. The van der Waals surface area contributed by atoms with Gasteiger partial charge in [0.1, 0.15) is 0 Å². The van der Waals surface area contributed by atoms with Crippen LogP contribution in [0.15, 0.2) is 42.6 Å². The second-order valence-electron chi connectivity index (χ2n) is 6.93. The molecular formula is C17H19BN2O2. The third-order valence-electron chi connectivity index (χ3n) is 4.84. The first-order valence-electron chi connectivity index (χ1n) is 7.59. The molecule has 0 N–H and O–H groups in total. The highest BCUT2D eigenvalue weighted by Gasteiger charge is 2.52. The Hall–Kier alpha value is -1.85. The zero-order valence-corrected chi connectivity index (χ0v) is 13.3. The first-order chi connectivity index (χ1) is 10.4. The van der Waals surface area contributed by atoms with E-state index in [0.717, 1.165) is 11.1 Å². The molecule has 1 fully saturated rings. The van der Waals surface area contributed by atoms with Gasteiger partial charge in [0.25, 0.3) is 0 Å². The normalized spacial score (nSPS) is 20.1. The first kappa shape index (κ1) is 13.8. The van der Waals surface area contributed by atoms with E-state index in [0.29, 0.717) is 0 Å². The van der Waals surface area contributed by atoms with Crippen LogP contribution in [-0.2, 0) is 9.31 Å². The van der Waals surface area contributed by atoms with Crippen molar-refractivity contribution in [3.63, 3.8) is 0 Å². The maximum atomic E-state index is 6.08. The van der Waals surface area contributed by atoms with Crippen molar-refractivity contribution in [2.24, 2.45) is 0 Å². The molecule has 1 aliphatic rings. The summed E-state index contributed by atoms with van der Waals surface area (Å²) in [5.41, 5.74) is 1.16. The summed E-state index contributed by atoms with van der Waals surface area (Å²) in [7, 11) is -0.423. The summed E-state index contributed by atoms with van der Waals surface area (Å²) in [5.74, 6) is 0. The summed E-state index contributed by atoms with van der Waals surface area (Å²) >= 11 is 0. The van der Waals surface area contributed by atoms with Crippen LogP contribution in [0.1, 0.15) is 27.7 Å². The summed E-state index contributed by atoms with van der Waals surface area (Å²) in [4.78, 5) is 0. The Balaban J connectivity index is 1.79. The molecule has 3 heterocycles. The molecule has 3 aromatic rings. The van der Waals surface area contributed by atoms with Crippen LogP contribution in [0.25, 0.3) is 16.3 Å². The van der Waals surface area contributed by atoms with E-state index < -0.39 is 7.12 Å². The Morgan fingerprint density at radius 3 is 2.27 bits per heavy atom. The SMILES string of the molecule is CC1(C)OB(c2cc3cc4ccccc4cn3n2)OC1(C)C. The molecule has 0 unspecified atom stereocenters. The molecule has 1 aliphatic heterocycles. The van der Waals surface area contributed by atoms with Crippen LogP contribution in [0.3, 0.4) is 0 Å². The lowest BCUT2D eigenvalue weighted by Gasteiger charge is -2.32. The summed E-state index contributed by atoms with van der Waals surface area (Å²) in [6.07, 6.45) is 2.04. The van der Waals surface area contributed by atoms with E-state index in [1.54, 1.807) is 0 Å². The van der Waals surface area contributed by atoms with Crippen molar-refractivity contribution >= 4 is 29.0 Å². The van der Waals surface area contributed by atoms with Gasteiger partial charge in [0.2, 0.25) is 0 Å². The molecule has 1 aromatic carbocycles. The van der Waals surface area contributed by atoms with Gasteiger partial charge in [0.05, 0.1) is 22.3 Å². The van der Waals surface area contributed by atoms with Gasteiger partial charge in [0.15, 0.2) is 0 Å². The lowest BCUT2D eigenvalue weighted by atomic mass is 9.85. The molecule has 0 radical (unpaired) electrons. The van der Waals surface area contributed by atoms with Gasteiger partial charge in [-0.25, -0.2) is 4.52 Å². The second-order valence-corrected chi connectivity index (χ2v) is 6.93. The van der Waals surface area contributed by atoms with Crippen LogP contribution in [-0.4, -0.2) is 27.9 Å². The lowest BCUT2D eigenvalue weighted by molar-refractivity contribution is 0.00578. The second kappa shape index (κ2) is 4.34. The van der Waals surface area contributed by atoms with Crippen molar-refractivity contribution in [3.05, 3.63) is 42.6 Å². The average molecular weight is 294 g/mol. The average Bonchev–Trinajstić information content (AvgIpc) is 2.94. The van der Waals surface area contributed by atoms with Gasteiger partial charge >= 0.3 is 7.12 Å². The van der Waals surface area contributed by atoms with Gasteiger partial charge in [0, 0.05) is 11.6 Å². The fraction of sp³-hybridized carbons (Fsp3) is 0.353. The molecule has 0 spiro atoms. The predicted molar refractivity (Wildman–Crippen MR) is 88.4 cm³/mol. The third kappa shape index (κ3) is 1.96. The summed E-state index contributed by atoms with van der Waals surface area (Å²) in [5, 5.41) is 7.01. The quantitative estimate of drug-likeness (QED) is 0.647. The molecule has 0 saturated carbocycles. The van der Waals surface area contributed by atoms with Crippen molar-refractivity contribution < 1.29 is 9.31 Å². The Kier molecular flexibility index (Phi) is 2.72. The van der Waals surface area contributed by atoms with Gasteiger partial charge in [-0.2, -0.15) is 5.10 Å². The zero-order chi connectivity index (χ0) is 15.5. The zero-order valence-electron chi connectivity index (χ0n) is 13.3. The highest BCUT2D eigenvalue weighted by molar-refractivity contribution is 6.61. The van der Waals surface area contributed by atoms with Gasteiger partial charge in [-0.15, -0.1) is 0 Å². The maximum absolute atomic E-state index is 6.08. The molecule has 5 heteroatoms. The summed E-state index contributed by atoms with van der Waals surface area (Å²) < 4.78 is 14.0. The molecule has 1 saturated heterocycles. The topological polar surface area (TPSA) is 35.8 Å². The smallest absolute Gasteiger partial charge is 0.398 e. The fourth-order valence-corrected chi connectivity index (χ4v) is 2.77. The van der Waals surface area contributed by atoms with Crippen LogP contribution in [0.2, 0.25) is 0 Å². The number of hydrogen-bond donors (Lipinski definition) is 0. The van der Waals surface area contributed by atoms with E-state index in [1.807, 2.05) is 28.9 Å². The van der Waals surface area contributed by atoms with Crippen molar-refractivity contribution in [1.82, 2.24) is 9.61 Å². The molecule has 112 valence electrons. The molecule has 22 heavy (non-hydrogen) atoms. The van der Waals surface area contributed by atoms with E-state index in [2.05, 4.69) is 51.0 Å². The maximum Gasteiger partial charge on any atom is 0.516 e. The van der Waals surface area contributed by atoms with Crippen LogP contribution in [0.5, 0.6) is 0 Å². The number of benzene rings is 1. The third-order valence-corrected chi connectivity index (χ3v) is 4.84. The number of pyridine rings is 1. The highest BCUT2D eigenvalue weighted by Crippen LogP contribution is 2.36.